The fraction of sp³-hybridized carbons (Fsp3) is 0.762. The fourth-order valence-corrected chi connectivity index (χ4v) is 7.02. The van der Waals surface area contributed by atoms with Crippen molar-refractivity contribution < 1.29 is 29.0 Å². The predicted octanol–water partition coefficient (Wildman–Crippen LogP) is 2.04. The Bertz CT molecular complexity index is 769. The lowest BCUT2D eigenvalue weighted by Crippen LogP contribution is -2.70. The number of hydrogen-bond donors (Lipinski definition) is 1. The Morgan fingerprint density at radius 3 is 2.48 bits per heavy atom. The number of allylic oxidation sites excluding steroid dienone is 2. The smallest absolute Gasteiger partial charge is 0.306 e. The monoisotopic (exact) mass is 376 g/mol. The molecule has 6 nitrogen and oxygen atoms in total. The Kier molecular flexibility index (Phi) is 3.91. The number of ketones is 2. The molecule has 4 rings (SSSR count). The number of aliphatic hydroxyl groups excluding tert-OH is 1. The first-order valence-electron chi connectivity index (χ1n) is 9.79. The van der Waals surface area contributed by atoms with Gasteiger partial charge in [0.25, 0.3) is 0 Å². The number of Topliss-reactive ketones (excluding diaryl/α,β-unsaturated/α-hetero) is 2. The first-order chi connectivity index (χ1) is 12.6. The van der Waals surface area contributed by atoms with Gasteiger partial charge in [-0.2, -0.15) is 0 Å². The second-order valence-corrected chi connectivity index (χ2v) is 9.33. The van der Waals surface area contributed by atoms with Crippen molar-refractivity contribution in [1.29, 1.82) is 0 Å². The summed E-state index contributed by atoms with van der Waals surface area (Å²) in [5.74, 6) is -1.40. The topological polar surface area (TPSA) is 89.9 Å². The normalized spacial score (nSPS) is 49.3. The van der Waals surface area contributed by atoms with Crippen LogP contribution in [-0.4, -0.2) is 42.0 Å². The van der Waals surface area contributed by atoms with Gasteiger partial charge in [0.1, 0.15) is 12.2 Å². The van der Waals surface area contributed by atoms with Crippen molar-refractivity contribution in [2.24, 2.45) is 34.5 Å². The highest BCUT2D eigenvalue weighted by atomic mass is 16.5. The molecule has 1 aliphatic heterocycles. The third-order valence-corrected chi connectivity index (χ3v) is 8.24. The van der Waals surface area contributed by atoms with Crippen LogP contribution in [0, 0.1) is 34.5 Å². The van der Waals surface area contributed by atoms with E-state index in [9.17, 15) is 19.5 Å². The lowest BCUT2D eigenvalue weighted by atomic mass is 9.39. The molecule has 0 spiro atoms. The zero-order chi connectivity index (χ0) is 19.9. The average Bonchev–Trinajstić information content (AvgIpc) is 2.58. The van der Waals surface area contributed by atoms with Crippen molar-refractivity contribution in [2.45, 2.75) is 59.2 Å². The summed E-state index contributed by atoms with van der Waals surface area (Å²) in [5, 5.41) is 10.4. The third-order valence-electron chi connectivity index (χ3n) is 8.24. The molecule has 0 bridgehead atoms. The van der Waals surface area contributed by atoms with Gasteiger partial charge in [-0.1, -0.05) is 20.8 Å². The van der Waals surface area contributed by atoms with Gasteiger partial charge in [-0.05, 0) is 37.2 Å². The molecule has 0 aromatic heterocycles. The molecule has 0 aromatic rings. The van der Waals surface area contributed by atoms with Gasteiger partial charge in [0.2, 0.25) is 5.78 Å². The Morgan fingerprint density at radius 1 is 1.19 bits per heavy atom. The van der Waals surface area contributed by atoms with Crippen molar-refractivity contribution in [3.8, 4) is 0 Å². The summed E-state index contributed by atoms with van der Waals surface area (Å²) in [6, 6.07) is 0. The third kappa shape index (κ3) is 2.08. The number of fused-ring (bicyclic) bond motifs is 2. The van der Waals surface area contributed by atoms with Gasteiger partial charge in [-0.15, -0.1) is 0 Å². The zero-order valence-electron chi connectivity index (χ0n) is 16.6. The maximum Gasteiger partial charge on any atom is 0.306 e. The number of carbonyl (C=O) groups excluding carboxylic acids is 3. The van der Waals surface area contributed by atoms with E-state index in [-0.39, 0.29) is 47.5 Å². The zero-order valence-corrected chi connectivity index (χ0v) is 16.6. The van der Waals surface area contributed by atoms with Crippen LogP contribution in [-0.2, 0) is 23.9 Å². The number of carbonyl (C=O) groups is 3. The van der Waals surface area contributed by atoms with Crippen molar-refractivity contribution in [2.75, 3.05) is 7.11 Å². The Hall–Kier alpha value is -1.69. The van der Waals surface area contributed by atoms with E-state index in [2.05, 4.69) is 0 Å². The highest BCUT2D eigenvalue weighted by Crippen LogP contribution is 2.67. The lowest BCUT2D eigenvalue weighted by molar-refractivity contribution is -0.224. The van der Waals surface area contributed by atoms with Gasteiger partial charge in [0.15, 0.2) is 11.5 Å². The summed E-state index contributed by atoms with van der Waals surface area (Å²) in [5.41, 5.74) is -0.900. The molecule has 0 aromatic carbocycles. The number of ether oxygens (including phenoxy) is 2. The van der Waals surface area contributed by atoms with Crippen LogP contribution in [0.5, 0.6) is 0 Å². The van der Waals surface area contributed by atoms with E-state index >= 15 is 0 Å². The minimum absolute atomic E-state index is 0.0529. The highest BCUT2D eigenvalue weighted by Gasteiger charge is 2.72. The summed E-state index contributed by atoms with van der Waals surface area (Å²) < 4.78 is 11.2. The standard InChI is InChI=1S/C21H28O6/c1-9-6-13(22)19(25)21(4)11(9)7-14-20(3)12(8-15(23)27-14)10(2)17(26-5)16(24)18(20)21/h9,11-14,18,22H,6-8H2,1-5H3/t9?,11-,12-,13?,14+,18-,20+,21-/m0/s1. The number of hydrogen-bond acceptors (Lipinski definition) is 6. The van der Waals surface area contributed by atoms with Crippen LogP contribution in [0.4, 0.5) is 0 Å². The number of esters is 1. The maximum absolute atomic E-state index is 13.6. The van der Waals surface area contributed by atoms with Crippen molar-refractivity contribution in [1.82, 2.24) is 0 Å². The summed E-state index contributed by atoms with van der Waals surface area (Å²) in [6.07, 6.45) is -0.352. The van der Waals surface area contributed by atoms with Crippen molar-refractivity contribution in [3.05, 3.63) is 11.3 Å². The molecule has 0 radical (unpaired) electrons. The second kappa shape index (κ2) is 5.66. The number of aliphatic hydroxyl groups is 1. The molecule has 1 saturated heterocycles. The summed E-state index contributed by atoms with van der Waals surface area (Å²) in [6.45, 7) is 7.67. The Morgan fingerprint density at radius 2 is 1.85 bits per heavy atom. The second-order valence-electron chi connectivity index (χ2n) is 9.33. The van der Waals surface area contributed by atoms with Gasteiger partial charge < -0.3 is 14.6 Å². The first-order valence-corrected chi connectivity index (χ1v) is 9.79. The SMILES string of the molecule is COC1=C(C)[C@@H]2CC(=O)O[C@@H]3C[C@H]4C(C)CC(O)C(=O)[C@]4(C)[C@@H](C1=O)[C@@]32C. The molecule has 6 heteroatoms. The maximum atomic E-state index is 13.6. The Labute approximate surface area is 159 Å². The van der Waals surface area contributed by atoms with Crippen molar-refractivity contribution >= 4 is 17.5 Å². The summed E-state index contributed by atoms with van der Waals surface area (Å²) in [4.78, 5) is 39.2. The van der Waals surface area contributed by atoms with Gasteiger partial charge >= 0.3 is 5.97 Å². The van der Waals surface area contributed by atoms with E-state index in [0.717, 1.165) is 5.57 Å². The molecule has 27 heavy (non-hydrogen) atoms. The van der Waals surface area contributed by atoms with Gasteiger partial charge in [-0.25, -0.2) is 0 Å². The molecule has 8 atom stereocenters. The minimum atomic E-state index is -1.06. The molecule has 148 valence electrons. The van der Waals surface area contributed by atoms with Crippen LogP contribution < -0.4 is 0 Å². The first kappa shape index (κ1) is 18.7. The van der Waals surface area contributed by atoms with Crippen molar-refractivity contribution in [3.63, 3.8) is 0 Å². The van der Waals surface area contributed by atoms with E-state index in [4.69, 9.17) is 9.47 Å². The van der Waals surface area contributed by atoms with Gasteiger partial charge in [0, 0.05) is 22.7 Å². The van der Waals surface area contributed by atoms with E-state index in [1.165, 1.54) is 7.11 Å². The van der Waals surface area contributed by atoms with Crippen LogP contribution in [0.1, 0.15) is 47.0 Å². The Balaban J connectivity index is 1.97. The number of rotatable bonds is 1. The van der Waals surface area contributed by atoms with Crippen LogP contribution in [0.15, 0.2) is 11.3 Å². The molecule has 2 saturated carbocycles. The van der Waals surface area contributed by atoms with Gasteiger partial charge in [0.05, 0.1) is 13.5 Å². The largest absolute Gasteiger partial charge is 0.493 e. The molecular formula is C21H28O6. The molecule has 1 heterocycles. The van der Waals surface area contributed by atoms with Gasteiger partial charge in [-0.3, -0.25) is 14.4 Å². The molecule has 0 amide bonds. The average molecular weight is 376 g/mol. The van der Waals surface area contributed by atoms with Crippen LogP contribution in [0.25, 0.3) is 0 Å². The summed E-state index contributed by atoms with van der Waals surface area (Å²) in [7, 11) is 1.46. The molecular weight excluding hydrogens is 348 g/mol. The van der Waals surface area contributed by atoms with Crippen LogP contribution in [0.3, 0.4) is 0 Å². The number of methoxy groups -OCH3 is 1. The molecule has 4 aliphatic rings. The molecule has 1 N–H and O–H groups in total. The van der Waals surface area contributed by atoms with E-state index in [0.29, 0.717) is 12.8 Å². The van der Waals surface area contributed by atoms with Crippen LogP contribution in [0.2, 0.25) is 0 Å². The van der Waals surface area contributed by atoms with Crippen LogP contribution >= 0.6 is 0 Å². The summed E-state index contributed by atoms with van der Waals surface area (Å²) >= 11 is 0. The minimum Gasteiger partial charge on any atom is -0.493 e. The van der Waals surface area contributed by atoms with E-state index < -0.39 is 29.0 Å². The highest BCUT2D eigenvalue weighted by molar-refractivity contribution is 6.04. The molecule has 3 fully saturated rings. The molecule has 3 aliphatic carbocycles. The predicted molar refractivity (Wildman–Crippen MR) is 95.3 cm³/mol. The quantitative estimate of drug-likeness (QED) is 0.705. The van der Waals surface area contributed by atoms with E-state index in [1.807, 2.05) is 27.7 Å². The lowest BCUT2D eigenvalue weighted by Gasteiger charge is -2.65. The molecule has 2 unspecified atom stereocenters. The van der Waals surface area contributed by atoms with E-state index in [1.54, 1.807) is 0 Å². The fourth-order valence-electron chi connectivity index (χ4n) is 7.02.